The van der Waals surface area contributed by atoms with Crippen molar-refractivity contribution in [2.75, 3.05) is 26.2 Å². The minimum absolute atomic E-state index is 0.170. The Labute approximate surface area is 345 Å². The third-order valence-corrected chi connectivity index (χ3v) is 12.7. The first kappa shape index (κ1) is 39.9. The van der Waals surface area contributed by atoms with E-state index in [0.717, 1.165) is 59.7 Å². The first-order chi connectivity index (χ1) is 28.4. The van der Waals surface area contributed by atoms with Gasteiger partial charge in [-0.3, -0.25) is 9.59 Å². The number of ether oxygens (including phenoxy) is 2. The van der Waals surface area contributed by atoms with Gasteiger partial charge in [-0.2, -0.15) is 0 Å². The molecule has 2 aliphatic rings. The van der Waals surface area contributed by atoms with E-state index in [-0.39, 0.29) is 28.6 Å². The number of ketones is 2. The summed E-state index contributed by atoms with van der Waals surface area (Å²) in [5.41, 5.74) is 8.48. The maximum atomic E-state index is 13.4. The van der Waals surface area contributed by atoms with E-state index < -0.39 is 0 Å². The standard InChI is InChI=1S/C52H50F2NO4/c1-34-30-42(31-35(2)50(34)58-46-20-12-40(13-21-46)48(56)38-8-16-44(53)17-9-38)52(24-28-55(29-25-52)26-6-5-7-27-55)43-32-36(3)51(37(4)33-43)59-47-22-14-41(15-23-47)49(57)39-10-18-45(54)19-11-39/h8-23,30-33H,5-7,24-29H2,1-4H3/q+1. The average Bonchev–Trinajstić information content (AvgIpc) is 3.24. The van der Waals surface area contributed by atoms with E-state index in [4.69, 9.17) is 9.47 Å². The highest BCUT2D eigenvalue weighted by atomic mass is 19.1. The molecule has 1 spiro atoms. The van der Waals surface area contributed by atoms with Crippen molar-refractivity contribution in [1.29, 1.82) is 0 Å². The van der Waals surface area contributed by atoms with Gasteiger partial charge in [0.15, 0.2) is 11.6 Å². The van der Waals surface area contributed by atoms with Gasteiger partial charge in [-0.05, 0) is 177 Å². The van der Waals surface area contributed by atoms with E-state index >= 15 is 0 Å². The number of carbonyl (C=O) groups excluding carboxylic acids is 2. The molecule has 2 aliphatic heterocycles. The van der Waals surface area contributed by atoms with Gasteiger partial charge < -0.3 is 14.0 Å². The molecule has 8 rings (SSSR count). The predicted molar refractivity (Wildman–Crippen MR) is 228 cm³/mol. The lowest BCUT2D eigenvalue weighted by molar-refractivity contribution is -0.937. The number of hydrogen-bond donors (Lipinski definition) is 0. The number of quaternary nitrogens is 1. The van der Waals surface area contributed by atoms with Crippen molar-refractivity contribution in [2.45, 2.75) is 65.2 Å². The highest BCUT2D eigenvalue weighted by molar-refractivity contribution is 6.09. The fourth-order valence-electron chi connectivity index (χ4n) is 9.36. The second-order valence-corrected chi connectivity index (χ2v) is 16.7. The van der Waals surface area contributed by atoms with Crippen LogP contribution in [0.5, 0.6) is 23.0 Å². The summed E-state index contributed by atoms with van der Waals surface area (Å²) in [6, 6.07) is 34.7. The molecule has 2 fully saturated rings. The van der Waals surface area contributed by atoms with Crippen molar-refractivity contribution < 1.29 is 32.3 Å². The van der Waals surface area contributed by atoms with Gasteiger partial charge in [-0.25, -0.2) is 8.78 Å². The summed E-state index contributed by atoms with van der Waals surface area (Å²) in [5, 5.41) is 0. The Hall–Kier alpha value is -5.92. The minimum Gasteiger partial charge on any atom is -0.457 e. The Morgan fingerprint density at radius 2 is 0.797 bits per heavy atom. The van der Waals surface area contributed by atoms with Gasteiger partial charge in [0.25, 0.3) is 0 Å². The van der Waals surface area contributed by atoms with Gasteiger partial charge in [0, 0.05) is 40.5 Å². The van der Waals surface area contributed by atoms with Crippen molar-refractivity contribution >= 4 is 11.6 Å². The maximum absolute atomic E-state index is 13.4. The van der Waals surface area contributed by atoms with Gasteiger partial charge in [0.2, 0.25) is 0 Å². The number of nitrogens with zero attached hydrogens (tertiary/aromatic N) is 1. The molecule has 0 amide bonds. The van der Waals surface area contributed by atoms with Crippen molar-refractivity contribution in [3.05, 3.63) is 189 Å². The lowest BCUT2D eigenvalue weighted by Crippen LogP contribution is -2.58. The molecule has 0 saturated carbocycles. The monoisotopic (exact) mass is 790 g/mol. The highest BCUT2D eigenvalue weighted by Crippen LogP contribution is 2.48. The third-order valence-electron chi connectivity index (χ3n) is 12.7. The van der Waals surface area contributed by atoms with Gasteiger partial charge in [0.1, 0.15) is 34.6 Å². The van der Waals surface area contributed by atoms with Crippen molar-refractivity contribution in [3.63, 3.8) is 0 Å². The molecule has 0 aromatic heterocycles. The number of aryl methyl sites for hydroxylation is 4. The van der Waals surface area contributed by atoms with E-state index in [0.29, 0.717) is 33.8 Å². The molecule has 0 unspecified atom stereocenters. The van der Waals surface area contributed by atoms with Crippen molar-refractivity contribution in [3.8, 4) is 23.0 Å². The summed E-state index contributed by atoms with van der Waals surface area (Å²) < 4.78 is 41.1. The molecule has 7 heteroatoms. The fourth-order valence-corrected chi connectivity index (χ4v) is 9.36. The van der Waals surface area contributed by atoms with Crippen LogP contribution in [-0.2, 0) is 5.41 Å². The quantitative estimate of drug-likeness (QED) is 0.102. The second kappa shape index (κ2) is 16.4. The first-order valence-electron chi connectivity index (χ1n) is 20.7. The van der Waals surface area contributed by atoms with E-state index in [9.17, 15) is 18.4 Å². The Bertz CT molecular complexity index is 2290. The molecule has 5 nitrogen and oxygen atoms in total. The zero-order valence-corrected chi connectivity index (χ0v) is 34.2. The number of carbonyl (C=O) groups is 2. The van der Waals surface area contributed by atoms with Crippen molar-refractivity contribution in [2.24, 2.45) is 0 Å². The smallest absolute Gasteiger partial charge is 0.193 e. The van der Waals surface area contributed by atoms with Gasteiger partial charge in [-0.1, -0.05) is 24.3 Å². The topological polar surface area (TPSA) is 52.6 Å². The van der Waals surface area contributed by atoms with E-state index in [1.54, 1.807) is 24.3 Å². The number of hydrogen-bond acceptors (Lipinski definition) is 4. The summed E-state index contributed by atoms with van der Waals surface area (Å²) in [6.45, 7) is 13.2. The van der Waals surface area contributed by atoms with Crippen LogP contribution in [0.4, 0.5) is 8.78 Å². The van der Waals surface area contributed by atoms with Crippen LogP contribution in [0.1, 0.15) is 97.3 Å². The Balaban J connectivity index is 1.06. The number of piperidine rings is 2. The molecule has 300 valence electrons. The molecule has 0 atom stereocenters. The predicted octanol–water partition coefficient (Wildman–Crippen LogP) is 12.3. The van der Waals surface area contributed by atoms with Crippen LogP contribution >= 0.6 is 0 Å². The fraction of sp³-hybridized carbons (Fsp3) is 0.269. The maximum Gasteiger partial charge on any atom is 0.193 e. The summed E-state index contributed by atoms with van der Waals surface area (Å²) >= 11 is 0. The molecule has 2 heterocycles. The molecule has 0 bridgehead atoms. The SMILES string of the molecule is Cc1cc(C2(c3cc(C)c(Oc4ccc(C(=O)c5ccc(F)cc5)cc4)c(C)c3)CC[N+]3(CCCCC3)CC2)cc(C)c1Oc1ccc(C(=O)c2ccc(F)cc2)cc1. The summed E-state index contributed by atoms with van der Waals surface area (Å²) in [7, 11) is 0. The third kappa shape index (κ3) is 8.22. The van der Waals surface area contributed by atoms with Crippen LogP contribution in [0, 0.1) is 39.3 Å². The lowest BCUT2D eigenvalue weighted by atomic mass is 9.66. The zero-order valence-electron chi connectivity index (χ0n) is 34.2. The summed E-state index contributed by atoms with van der Waals surface area (Å²) in [5.74, 6) is 1.79. The average molecular weight is 791 g/mol. The molecule has 0 radical (unpaired) electrons. The normalized spacial score (nSPS) is 15.8. The number of rotatable bonds is 10. The van der Waals surface area contributed by atoms with E-state index in [1.165, 1.54) is 96.5 Å². The zero-order chi connectivity index (χ0) is 41.3. The Morgan fingerprint density at radius 3 is 1.14 bits per heavy atom. The van der Waals surface area contributed by atoms with Crippen LogP contribution < -0.4 is 9.47 Å². The van der Waals surface area contributed by atoms with Gasteiger partial charge >= 0.3 is 0 Å². The number of halogens is 2. The molecule has 2 saturated heterocycles. The Kier molecular flexibility index (Phi) is 11.1. The molecule has 6 aromatic rings. The molecule has 0 N–H and O–H groups in total. The number of benzene rings is 6. The first-order valence-corrected chi connectivity index (χ1v) is 20.7. The van der Waals surface area contributed by atoms with Gasteiger partial charge in [0.05, 0.1) is 26.2 Å². The molecule has 59 heavy (non-hydrogen) atoms. The van der Waals surface area contributed by atoms with E-state index in [1.807, 2.05) is 24.3 Å². The van der Waals surface area contributed by atoms with Crippen LogP contribution in [0.2, 0.25) is 0 Å². The molecule has 0 aliphatic carbocycles. The second-order valence-electron chi connectivity index (χ2n) is 16.7. The van der Waals surface area contributed by atoms with E-state index in [2.05, 4.69) is 52.0 Å². The summed E-state index contributed by atoms with van der Waals surface area (Å²) in [4.78, 5) is 26.0. The largest absolute Gasteiger partial charge is 0.457 e. The minimum atomic E-state index is -0.377. The summed E-state index contributed by atoms with van der Waals surface area (Å²) in [6.07, 6.45) is 6.00. The van der Waals surface area contributed by atoms with Crippen LogP contribution in [-0.4, -0.2) is 42.2 Å². The lowest BCUT2D eigenvalue weighted by Gasteiger charge is -2.51. The van der Waals surface area contributed by atoms with Crippen molar-refractivity contribution in [1.82, 2.24) is 0 Å². The Morgan fingerprint density at radius 1 is 0.475 bits per heavy atom. The molecular weight excluding hydrogens is 741 g/mol. The highest BCUT2D eigenvalue weighted by Gasteiger charge is 2.46. The van der Waals surface area contributed by atoms with Gasteiger partial charge in [-0.15, -0.1) is 0 Å². The van der Waals surface area contributed by atoms with Crippen LogP contribution in [0.15, 0.2) is 121 Å². The van der Waals surface area contributed by atoms with Crippen LogP contribution in [0.3, 0.4) is 0 Å². The van der Waals surface area contributed by atoms with Crippen LogP contribution in [0.25, 0.3) is 0 Å². The molecule has 6 aromatic carbocycles. The molecular formula is C52H50F2NO4+.